The van der Waals surface area contributed by atoms with Gasteiger partial charge in [-0.25, -0.2) is 9.59 Å². The van der Waals surface area contributed by atoms with Gasteiger partial charge in [-0.05, 0) is 36.4 Å². The molecule has 0 spiro atoms. The van der Waals surface area contributed by atoms with E-state index in [1.165, 1.54) is 72.8 Å². The van der Waals surface area contributed by atoms with Crippen molar-refractivity contribution in [2.24, 2.45) is 0 Å². The lowest BCUT2D eigenvalue weighted by Crippen LogP contribution is -2.50. The number of ether oxygens (including phenoxy) is 2. The lowest BCUT2D eigenvalue weighted by atomic mass is 10.3. The van der Waals surface area contributed by atoms with Gasteiger partial charge in [0.15, 0.2) is 11.5 Å². The molecule has 234 valence electrons. The number of amides is 4. The normalized spacial score (nSPS) is 12.7. The molecule has 3 aromatic rings. The highest BCUT2D eigenvalue weighted by atomic mass is 35.6. The Balaban J connectivity index is 1.73. The summed E-state index contributed by atoms with van der Waals surface area (Å²) in [5.41, 5.74) is -0.0184. The maximum atomic E-state index is 12.6. The number of urea groups is 2. The predicted octanol–water partition coefficient (Wildman–Crippen LogP) is 7.30. The maximum absolute atomic E-state index is 12.6. The summed E-state index contributed by atoms with van der Waals surface area (Å²) in [5.74, 6) is -0.257. The highest BCUT2D eigenvalue weighted by Gasteiger charge is 2.39. The molecular formula is C24H18Cl6N6O8. The van der Waals surface area contributed by atoms with E-state index in [0.717, 1.165) is 0 Å². The third kappa shape index (κ3) is 10.5. The summed E-state index contributed by atoms with van der Waals surface area (Å²) in [4.78, 5) is 45.7. The van der Waals surface area contributed by atoms with Crippen molar-refractivity contribution in [3.63, 3.8) is 0 Å². The standard InChI is InChI=1S/C24H18Cl6N6O8/c25-23(26,27)19(33-21(37)31-13-5-9-15(10-6-13)35(39)40)43-17-3-1-2-4-18(17)44-20(24(28,29)30)34-22(38)32-14-7-11-16(12-8-14)36(41)42/h1-12,19-20H,(H2,31,33,37)(H2,32,34,38)/t19-,20-/m0/s1. The Labute approximate surface area is 278 Å². The van der Waals surface area contributed by atoms with Crippen LogP contribution in [0.3, 0.4) is 0 Å². The van der Waals surface area contributed by atoms with Gasteiger partial charge in [0.25, 0.3) is 11.4 Å². The largest absolute Gasteiger partial charge is 0.462 e. The Morgan fingerprint density at radius 1 is 0.614 bits per heavy atom. The van der Waals surface area contributed by atoms with Gasteiger partial charge in [-0.1, -0.05) is 81.7 Å². The van der Waals surface area contributed by atoms with E-state index in [1.807, 2.05) is 0 Å². The van der Waals surface area contributed by atoms with Gasteiger partial charge >= 0.3 is 12.1 Å². The third-order valence-electron chi connectivity index (χ3n) is 5.13. The molecular weight excluding hydrogens is 713 g/mol. The SMILES string of the molecule is O=C(Nc1ccc([N+](=O)[O-])cc1)N[C@@H](Oc1ccccc1O[C@H](NC(=O)Nc1ccc([N+](=O)[O-])cc1)C(Cl)(Cl)Cl)C(Cl)(Cl)Cl. The summed E-state index contributed by atoms with van der Waals surface area (Å²) >= 11 is 36.2. The molecule has 0 aliphatic heterocycles. The second-order valence-corrected chi connectivity index (χ2v) is 13.1. The number of nitro groups is 2. The molecule has 4 N–H and O–H groups in total. The smallest absolute Gasteiger partial charge is 0.322 e. The second kappa shape index (κ2) is 14.9. The summed E-state index contributed by atoms with van der Waals surface area (Å²) in [5, 5.41) is 31.1. The van der Waals surface area contributed by atoms with Gasteiger partial charge in [0.1, 0.15) is 0 Å². The Hall–Kier alpha value is -3.66. The number of hydrogen-bond acceptors (Lipinski definition) is 8. The lowest BCUT2D eigenvalue weighted by Gasteiger charge is -2.29. The van der Waals surface area contributed by atoms with Gasteiger partial charge in [-0.3, -0.25) is 30.9 Å². The second-order valence-electron chi connectivity index (χ2n) is 8.33. The Morgan fingerprint density at radius 3 is 1.20 bits per heavy atom. The maximum Gasteiger partial charge on any atom is 0.322 e. The molecule has 44 heavy (non-hydrogen) atoms. The van der Waals surface area contributed by atoms with Crippen LogP contribution in [0.1, 0.15) is 0 Å². The number of rotatable bonds is 10. The van der Waals surface area contributed by atoms with E-state index >= 15 is 0 Å². The van der Waals surface area contributed by atoms with Crippen molar-refractivity contribution >= 4 is 104 Å². The molecule has 3 rings (SSSR count). The van der Waals surface area contributed by atoms with E-state index in [1.54, 1.807) is 0 Å². The number of nitro benzene ring substituents is 2. The van der Waals surface area contributed by atoms with E-state index in [-0.39, 0.29) is 34.2 Å². The third-order valence-corrected chi connectivity index (χ3v) is 6.32. The number of carbonyl (C=O) groups is 2. The van der Waals surface area contributed by atoms with Crippen LogP contribution >= 0.6 is 69.6 Å². The zero-order chi connectivity index (χ0) is 32.7. The summed E-state index contributed by atoms with van der Waals surface area (Å²) in [6, 6.07) is 13.8. The van der Waals surface area contributed by atoms with E-state index < -0.39 is 41.9 Å². The minimum atomic E-state index is -2.25. The van der Waals surface area contributed by atoms with Crippen LogP contribution in [0, 0.1) is 20.2 Å². The predicted molar refractivity (Wildman–Crippen MR) is 166 cm³/mol. The number of halogens is 6. The highest BCUT2D eigenvalue weighted by Crippen LogP contribution is 2.38. The Kier molecular flexibility index (Phi) is 11.8. The molecule has 0 saturated heterocycles. The number of carbonyl (C=O) groups excluding carboxylic acids is 2. The van der Waals surface area contributed by atoms with Crippen LogP contribution in [-0.4, -0.2) is 41.9 Å². The molecule has 0 bridgehead atoms. The highest BCUT2D eigenvalue weighted by molar-refractivity contribution is 6.68. The summed E-state index contributed by atoms with van der Waals surface area (Å²) in [6.45, 7) is 0. The van der Waals surface area contributed by atoms with Crippen molar-refractivity contribution in [3.05, 3.63) is 93.0 Å². The van der Waals surface area contributed by atoms with Crippen LogP contribution in [-0.2, 0) is 0 Å². The summed E-state index contributed by atoms with van der Waals surface area (Å²) in [7, 11) is 0. The first kappa shape index (κ1) is 34.8. The number of non-ortho nitro benzene ring substituents is 2. The molecule has 3 aromatic carbocycles. The number of hydrogen-bond donors (Lipinski definition) is 4. The zero-order valence-electron chi connectivity index (χ0n) is 21.5. The number of alkyl halides is 6. The zero-order valence-corrected chi connectivity index (χ0v) is 26.0. The lowest BCUT2D eigenvalue weighted by molar-refractivity contribution is -0.385. The van der Waals surface area contributed by atoms with Gasteiger partial charge in [-0.15, -0.1) is 0 Å². The minimum absolute atomic E-state index is 0.128. The molecule has 0 aliphatic rings. The van der Waals surface area contributed by atoms with E-state index in [0.29, 0.717) is 0 Å². The first-order chi connectivity index (χ1) is 20.5. The first-order valence-corrected chi connectivity index (χ1v) is 14.0. The monoisotopic (exact) mass is 728 g/mol. The fourth-order valence-corrected chi connectivity index (χ4v) is 3.76. The van der Waals surface area contributed by atoms with Crippen molar-refractivity contribution in [3.8, 4) is 11.5 Å². The molecule has 0 unspecified atom stereocenters. The Bertz CT molecular complexity index is 1390. The fourth-order valence-electron chi connectivity index (χ4n) is 3.16. The van der Waals surface area contributed by atoms with Crippen LogP contribution in [0.25, 0.3) is 0 Å². The number of anilines is 2. The summed E-state index contributed by atoms with van der Waals surface area (Å²) in [6.07, 6.45) is -3.31. The molecule has 0 fully saturated rings. The number of nitrogens with one attached hydrogen (secondary N) is 4. The van der Waals surface area contributed by atoms with E-state index in [2.05, 4.69) is 21.3 Å². The molecule has 0 heterocycles. The van der Waals surface area contributed by atoms with Crippen molar-refractivity contribution < 1.29 is 28.9 Å². The van der Waals surface area contributed by atoms with Crippen LogP contribution < -0.4 is 30.7 Å². The van der Waals surface area contributed by atoms with Gasteiger partial charge in [0.05, 0.1) is 9.85 Å². The number of para-hydroxylation sites is 2. The molecule has 14 nitrogen and oxygen atoms in total. The molecule has 4 amide bonds. The average Bonchev–Trinajstić information content (AvgIpc) is 2.92. The minimum Gasteiger partial charge on any atom is -0.462 e. The average molecular weight is 731 g/mol. The molecule has 0 aliphatic carbocycles. The van der Waals surface area contributed by atoms with Gasteiger partial charge < -0.3 is 20.1 Å². The van der Waals surface area contributed by atoms with Crippen LogP contribution in [0.4, 0.5) is 32.3 Å². The summed E-state index contributed by atoms with van der Waals surface area (Å²) < 4.78 is 6.93. The van der Waals surface area contributed by atoms with Gasteiger partial charge in [0.2, 0.25) is 20.0 Å². The van der Waals surface area contributed by atoms with Crippen molar-refractivity contribution in [1.29, 1.82) is 0 Å². The molecule has 0 saturated carbocycles. The van der Waals surface area contributed by atoms with Crippen molar-refractivity contribution in [2.45, 2.75) is 20.0 Å². The quantitative estimate of drug-likeness (QED) is 0.0724. The van der Waals surface area contributed by atoms with Crippen LogP contribution in [0.5, 0.6) is 11.5 Å². The molecule has 2 atom stereocenters. The number of nitrogens with zero attached hydrogens (tertiary/aromatic N) is 2. The molecule has 20 heteroatoms. The number of benzene rings is 3. The van der Waals surface area contributed by atoms with Crippen molar-refractivity contribution in [2.75, 3.05) is 10.6 Å². The fraction of sp³-hybridized carbons (Fsp3) is 0.167. The van der Waals surface area contributed by atoms with Crippen LogP contribution in [0.2, 0.25) is 0 Å². The van der Waals surface area contributed by atoms with Crippen molar-refractivity contribution in [1.82, 2.24) is 10.6 Å². The van der Waals surface area contributed by atoms with Gasteiger partial charge in [0, 0.05) is 35.6 Å². The topological polar surface area (TPSA) is 187 Å². The molecule has 0 aromatic heterocycles. The van der Waals surface area contributed by atoms with Crippen LogP contribution in [0.15, 0.2) is 72.8 Å². The van der Waals surface area contributed by atoms with E-state index in [4.69, 9.17) is 79.1 Å². The first-order valence-electron chi connectivity index (χ1n) is 11.7. The molecule has 0 radical (unpaired) electrons. The van der Waals surface area contributed by atoms with Gasteiger partial charge in [-0.2, -0.15) is 0 Å². The Morgan fingerprint density at radius 2 is 0.932 bits per heavy atom. The van der Waals surface area contributed by atoms with E-state index in [9.17, 15) is 29.8 Å².